The summed E-state index contributed by atoms with van der Waals surface area (Å²) >= 11 is 1.30. The SMILES string of the molecule is [C-]#[N+]CSc1nc2c(c(=O)n1CC=C)C(C)(C)Cc1ccccc1-2. The van der Waals surface area contributed by atoms with Crippen molar-refractivity contribution in [2.75, 3.05) is 5.88 Å². The molecule has 2 aromatic rings. The van der Waals surface area contributed by atoms with Crippen molar-refractivity contribution < 1.29 is 0 Å². The number of nitrogens with zero attached hydrogens (tertiary/aromatic N) is 3. The summed E-state index contributed by atoms with van der Waals surface area (Å²) in [5.74, 6) is 0.243. The molecule has 0 N–H and O–H groups in total. The van der Waals surface area contributed by atoms with Crippen LogP contribution in [0.2, 0.25) is 0 Å². The number of benzene rings is 1. The molecular formula is C19H19N3OS. The lowest BCUT2D eigenvalue weighted by molar-refractivity contribution is 0.490. The lowest BCUT2D eigenvalue weighted by Crippen LogP contribution is -2.38. The molecule has 0 radical (unpaired) electrons. The molecule has 0 amide bonds. The third-order valence-corrected chi connectivity index (χ3v) is 5.11. The minimum atomic E-state index is -0.278. The van der Waals surface area contributed by atoms with Crippen LogP contribution in [0.5, 0.6) is 0 Å². The van der Waals surface area contributed by atoms with Crippen molar-refractivity contribution in [3.63, 3.8) is 0 Å². The predicted molar refractivity (Wildman–Crippen MR) is 98.2 cm³/mol. The lowest BCUT2D eigenvalue weighted by atomic mass is 9.72. The van der Waals surface area contributed by atoms with E-state index in [0.29, 0.717) is 11.7 Å². The van der Waals surface area contributed by atoms with Crippen LogP contribution in [0, 0.1) is 6.57 Å². The van der Waals surface area contributed by atoms with E-state index < -0.39 is 0 Å². The molecule has 24 heavy (non-hydrogen) atoms. The second-order valence-electron chi connectivity index (χ2n) is 6.47. The summed E-state index contributed by atoms with van der Waals surface area (Å²) < 4.78 is 1.64. The maximum Gasteiger partial charge on any atom is 0.267 e. The maximum atomic E-state index is 13.2. The number of hydrogen-bond acceptors (Lipinski definition) is 3. The highest BCUT2D eigenvalue weighted by molar-refractivity contribution is 7.99. The summed E-state index contributed by atoms with van der Waals surface area (Å²) in [7, 11) is 0. The summed E-state index contributed by atoms with van der Waals surface area (Å²) in [4.78, 5) is 21.4. The first-order valence-corrected chi connectivity index (χ1v) is 8.78. The fraction of sp³-hybridized carbons (Fsp3) is 0.316. The van der Waals surface area contributed by atoms with Gasteiger partial charge in [0.05, 0.1) is 5.69 Å². The van der Waals surface area contributed by atoms with Crippen molar-refractivity contribution in [2.24, 2.45) is 0 Å². The van der Waals surface area contributed by atoms with Gasteiger partial charge in [-0.05, 0) is 23.7 Å². The molecule has 0 saturated heterocycles. The molecule has 1 heterocycles. The van der Waals surface area contributed by atoms with Gasteiger partial charge in [0.15, 0.2) is 5.16 Å². The molecule has 0 atom stereocenters. The van der Waals surface area contributed by atoms with Crippen molar-refractivity contribution in [3.8, 4) is 11.3 Å². The molecule has 1 aromatic carbocycles. The Morgan fingerprint density at radius 3 is 2.92 bits per heavy atom. The van der Waals surface area contributed by atoms with Gasteiger partial charge in [-0.15, -0.1) is 6.58 Å². The average Bonchev–Trinajstić information content (AvgIpc) is 2.54. The Bertz CT molecular complexity index is 906. The van der Waals surface area contributed by atoms with E-state index >= 15 is 0 Å². The maximum absolute atomic E-state index is 13.2. The van der Waals surface area contributed by atoms with Crippen LogP contribution < -0.4 is 5.56 Å². The van der Waals surface area contributed by atoms with Crippen LogP contribution in [-0.4, -0.2) is 15.4 Å². The molecular weight excluding hydrogens is 318 g/mol. The van der Waals surface area contributed by atoms with Crippen LogP contribution in [0.4, 0.5) is 0 Å². The van der Waals surface area contributed by atoms with E-state index in [9.17, 15) is 4.79 Å². The number of rotatable bonds is 4. The lowest BCUT2D eigenvalue weighted by Gasteiger charge is -2.33. The quantitative estimate of drug-likeness (QED) is 0.368. The Hall–Kier alpha value is -2.32. The molecule has 0 saturated carbocycles. The van der Waals surface area contributed by atoms with Gasteiger partial charge >= 0.3 is 0 Å². The Morgan fingerprint density at radius 2 is 2.21 bits per heavy atom. The van der Waals surface area contributed by atoms with Gasteiger partial charge in [-0.2, -0.15) is 0 Å². The first-order chi connectivity index (χ1) is 11.5. The smallest absolute Gasteiger partial charge is 0.267 e. The second kappa shape index (κ2) is 6.29. The molecule has 1 aliphatic carbocycles. The minimum absolute atomic E-state index is 0.0214. The highest BCUT2D eigenvalue weighted by Gasteiger charge is 2.36. The first-order valence-electron chi connectivity index (χ1n) is 7.80. The van der Waals surface area contributed by atoms with Crippen molar-refractivity contribution in [3.05, 3.63) is 69.8 Å². The number of allylic oxidation sites excluding steroid dienone is 1. The second-order valence-corrected chi connectivity index (χ2v) is 7.38. The van der Waals surface area contributed by atoms with Crippen LogP contribution in [0.1, 0.15) is 25.0 Å². The van der Waals surface area contributed by atoms with Crippen LogP contribution in [0.3, 0.4) is 0 Å². The molecule has 0 aliphatic heterocycles. The summed E-state index contributed by atoms with van der Waals surface area (Å²) in [5, 5.41) is 0.585. The summed E-state index contributed by atoms with van der Waals surface area (Å²) in [5.41, 5.74) is 3.46. The minimum Gasteiger partial charge on any atom is -0.305 e. The molecule has 0 fully saturated rings. The molecule has 1 aromatic heterocycles. The number of fused-ring (bicyclic) bond motifs is 3. The van der Waals surface area contributed by atoms with E-state index in [4.69, 9.17) is 11.6 Å². The van der Waals surface area contributed by atoms with Crippen LogP contribution in [0.25, 0.3) is 16.1 Å². The van der Waals surface area contributed by atoms with Gasteiger partial charge in [0.1, 0.15) is 0 Å². The van der Waals surface area contributed by atoms with E-state index in [-0.39, 0.29) is 16.9 Å². The highest BCUT2D eigenvalue weighted by atomic mass is 32.2. The van der Waals surface area contributed by atoms with Crippen LogP contribution >= 0.6 is 11.8 Å². The van der Waals surface area contributed by atoms with Crippen molar-refractivity contribution in [1.82, 2.24) is 9.55 Å². The predicted octanol–water partition coefficient (Wildman–Crippen LogP) is 3.90. The van der Waals surface area contributed by atoms with Gasteiger partial charge in [0, 0.05) is 23.1 Å². The van der Waals surface area contributed by atoms with Gasteiger partial charge in [-0.1, -0.05) is 44.2 Å². The molecule has 3 rings (SSSR count). The molecule has 0 unspecified atom stereocenters. The van der Waals surface area contributed by atoms with Crippen molar-refractivity contribution in [1.29, 1.82) is 0 Å². The Kier molecular flexibility index (Phi) is 4.33. The normalized spacial score (nSPS) is 14.4. The topological polar surface area (TPSA) is 39.2 Å². The van der Waals surface area contributed by atoms with Crippen molar-refractivity contribution >= 4 is 11.8 Å². The highest BCUT2D eigenvalue weighted by Crippen LogP contribution is 2.40. The van der Waals surface area contributed by atoms with Gasteiger partial charge in [-0.3, -0.25) is 9.36 Å². The van der Waals surface area contributed by atoms with E-state index in [2.05, 4.69) is 31.3 Å². The van der Waals surface area contributed by atoms with Gasteiger partial charge in [0.2, 0.25) is 0 Å². The Balaban J connectivity index is 2.33. The number of hydrogen-bond donors (Lipinski definition) is 0. The third-order valence-electron chi connectivity index (χ3n) is 4.29. The Labute approximate surface area is 146 Å². The van der Waals surface area contributed by atoms with E-state index in [1.165, 1.54) is 17.3 Å². The van der Waals surface area contributed by atoms with Gasteiger partial charge in [-0.25, -0.2) is 11.6 Å². The number of aromatic nitrogens is 2. The average molecular weight is 337 g/mol. The van der Waals surface area contributed by atoms with E-state index in [0.717, 1.165) is 23.2 Å². The molecule has 5 heteroatoms. The molecule has 122 valence electrons. The largest absolute Gasteiger partial charge is 0.305 e. The Morgan fingerprint density at radius 1 is 1.46 bits per heavy atom. The third kappa shape index (κ3) is 2.67. The molecule has 0 bridgehead atoms. The first kappa shape index (κ1) is 16.5. The number of thioether (sulfide) groups is 1. The fourth-order valence-electron chi connectivity index (χ4n) is 3.30. The molecule has 1 aliphatic rings. The van der Waals surface area contributed by atoms with Crippen LogP contribution in [0.15, 0.2) is 46.9 Å². The molecule has 4 nitrogen and oxygen atoms in total. The van der Waals surface area contributed by atoms with E-state index in [1.807, 2.05) is 18.2 Å². The summed E-state index contributed by atoms with van der Waals surface area (Å²) in [6.45, 7) is 15.3. The summed E-state index contributed by atoms with van der Waals surface area (Å²) in [6.07, 6.45) is 2.51. The zero-order valence-corrected chi connectivity index (χ0v) is 14.7. The monoisotopic (exact) mass is 337 g/mol. The van der Waals surface area contributed by atoms with E-state index in [1.54, 1.807) is 10.6 Å². The van der Waals surface area contributed by atoms with Crippen molar-refractivity contribution in [2.45, 2.75) is 37.4 Å². The zero-order chi connectivity index (χ0) is 17.3. The zero-order valence-electron chi connectivity index (χ0n) is 13.9. The van der Waals surface area contributed by atoms with Crippen LogP contribution in [-0.2, 0) is 18.4 Å². The fourth-order valence-corrected chi connectivity index (χ4v) is 3.95. The molecule has 0 spiro atoms. The summed E-state index contributed by atoms with van der Waals surface area (Å²) in [6, 6.07) is 8.12. The van der Waals surface area contributed by atoms with Gasteiger partial charge in [0.25, 0.3) is 11.4 Å². The van der Waals surface area contributed by atoms with Gasteiger partial charge < -0.3 is 4.85 Å². The standard InChI is InChI=1S/C19H19N3OS/c1-5-10-22-17(23)15-16(21-18(22)24-12-20-4)14-9-7-6-8-13(14)11-19(15,2)3/h5-9H,1,10-12H2,2-3H3.